The Morgan fingerprint density at radius 1 is 1.47 bits per heavy atom. The molecule has 1 aromatic rings. The van der Waals surface area contributed by atoms with Crippen molar-refractivity contribution in [2.24, 2.45) is 5.73 Å². The highest BCUT2D eigenvalue weighted by Crippen LogP contribution is 2.29. The van der Waals surface area contributed by atoms with Crippen LogP contribution in [0.15, 0.2) is 15.9 Å². The Morgan fingerprint density at radius 3 is 2.42 bits per heavy atom. The molecule has 0 radical (unpaired) electrons. The standard InChI is InChI=1S/C13H21BrN2OS.ClH/c1-4-13(5-2,8-15)16-12(17)9(3)10-6-7-11(14)18-10;/h6-7,9H,4-5,8,15H2,1-3H3,(H,16,17);1H. The molecule has 0 aliphatic rings. The molecule has 1 aromatic heterocycles. The summed E-state index contributed by atoms with van der Waals surface area (Å²) in [5.41, 5.74) is 5.54. The molecular formula is C13H22BrClN2OS. The van der Waals surface area contributed by atoms with E-state index >= 15 is 0 Å². The molecule has 0 aliphatic carbocycles. The molecule has 6 heteroatoms. The second-order valence-electron chi connectivity index (χ2n) is 4.54. The third-order valence-electron chi connectivity index (χ3n) is 3.55. The summed E-state index contributed by atoms with van der Waals surface area (Å²) in [6, 6.07) is 3.96. The average molecular weight is 370 g/mol. The molecular weight excluding hydrogens is 348 g/mol. The molecule has 1 unspecified atom stereocenters. The van der Waals surface area contributed by atoms with Gasteiger partial charge in [0.15, 0.2) is 0 Å². The van der Waals surface area contributed by atoms with Gasteiger partial charge in [-0.05, 0) is 47.8 Å². The van der Waals surface area contributed by atoms with Crippen LogP contribution in [0.5, 0.6) is 0 Å². The first-order valence-corrected chi connectivity index (χ1v) is 7.86. The summed E-state index contributed by atoms with van der Waals surface area (Å²) in [7, 11) is 0. The minimum Gasteiger partial charge on any atom is -0.349 e. The van der Waals surface area contributed by atoms with Gasteiger partial charge < -0.3 is 11.1 Å². The number of hydrogen-bond donors (Lipinski definition) is 2. The maximum Gasteiger partial charge on any atom is 0.228 e. The lowest BCUT2D eigenvalue weighted by Gasteiger charge is -2.32. The highest BCUT2D eigenvalue weighted by Gasteiger charge is 2.29. The van der Waals surface area contributed by atoms with Gasteiger partial charge in [0.05, 0.1) is 15.2 Å². The number of nitrogens with two attached hydrogens (primary N) is 1. The summed E-state index contributed by atoms with van der Waals surface area (Å²) in [6.45, 7) is 6.53. The lowest BCUT2D eigenvalue weighted by Crippen LogP contribution is -2.53. The molecule has 0 saturated carbocycles. The summed E-state index contributed by atoms with van der Waals surface area (Å²) in [5, 5.41) is 3.11. The molecule has 0 saturated heterocycles. The van der Waals surface area contributed by atoms with Gasteiger partial charge in [0.2, 0.25) is 5.91 Å². The molecule has 1 amide bonds. The Labute approximate surface area is 133 Å². The molecule has 1 heterocycles. The van der Waals surface area contributed by atoms with Crippen molar-refractivity contribution in [1.82, 2.24) is 5.32 Å². The van der Waals surface area contributed by atoms with Gasteiger partial charge in [-0.15, -0.1) is 23.7 Å². The summed E-state index contributed by atoms with van der Waals surface area (Å²) >= 11 is 5.02. The van der Waals surface area contributed by atoms with Gasteiger partial charge in [-0.2, -0.15) is 0 Å². The van der Waals surface area contributed by atoms with Crippen LogP contribution in [0, 0.1) is 0 Å². The molecule has 0 aliphatic heterocycles. The lowest BCUT2D eigenvalue weighted by molar-refractivity contribution is -0.124. The Bertz CT molecular complexity index is 399. The molecule has 0 bridgehead atoms. The van der Waals surface area contributed by atoms with Crippen molar-refractivity contribution in [3.05, 3.63) is 20.8 Å². The van der Waals surface area contributed by atoms with E-state index in [1.54, 1.807) is 11.3 Å². The minimum atomic E-state index is -0.264. The second-order valence-corrected chi connectivity index (χ2v) is 7.04. The van der Waals surface area contributed by atoms with E-state index in [0.29, 0.717) is 6.54 Å². The molecule has 3 nitrogen and oxygen atoms in total. The number of carbonyl (C=O) groups excluding carboxylic acids is 1. The molecule has 0 spiro atoms. The highest BCUT2D eigenvalue weighted by molar-refractivity contribution is 9.11. The maximum absolute atomic E-state index is 12.3. The van der Waals surface area contributed by atoms with Crippen molar-refractivity contribution in [1.29, 1.82) is 0 Å². The first-order valence-electron chi connectivity index (χ1n) is 6.25. The van der Waals surface area contributed by atoms with Gasteiger partial charge in [0.1, 0.15) is 0 Å². The van der Waals surface area contributed by atoms with Crippen molar-refractivity contribution in [2.75, 3.05) is 6.54 Å². The summed E-state index contributed by atoms with van der Waals surface area (Å²) < 4.78 is 1.05. The van der Waals surface area contributed by atoms with Crippen LogP contribution >= 0.6 is 39.7 Å². The number of nitrogens with one attached hydrogen (secondary N) is 1. The first kappa shape index (κ1) is 18.9. The predicted molar refractivity (Wildman–Crippen MR) is 88.2 cm³/mol. The van der Waals surface area contributed by atoms with Gasteiger partial charge in [0, 0.05) is 11.4 Å². The van der Waals surface area contributed by atoms with Gasteiger partial charge in [0.25, 0.3) is 0 Å². The molecule has 3 N–H and O–H groups in total. The fraction of sp³-hybridized carbons (Fsp3) is 0.615. The number of halogens is 2. The molecule has 110 valence electrons. The zero-order chi connectivity index (χ0) is 13.8. The van der Waals surface area contributed by atoms with Crippen LogP contribution in [0.1, 0.15) is 44.4 Å². The maximum atomic E-state index is 12.3. The van der Waals surface area contributed by atoms with Gasteiger partial charge in [-0.25, -0.2) is 0 Å². The van der Waals surface area contributed by atoms with Crippen LogP contribution in [-0.2, 0) is 4.79 Å². The number of hydrogen-bond acceptors (Lipinski definition) is 3. The van der Waals surface area contributed by atoms with E-state index in [1.165, 1.54) is 0 Å². The summed E-state index contributed by atoms with van der Waals surface area (Å²) in [6.07, 6.45) is 1.71. The van der Waals surface area contributed by atoms with Crippen molar-refractivity contribution in [2.45, 2.75) is 45.1 Å². The normalized spacial score (nSPS) is 12.7. The van der Waals surface area contributed by atoms with Crippen LogP contribution in [0.2, 0.25) is 0 Å². The largest absolute Gasteiger partial charge is 0.349 e. The quantitative estimate of drug-likeness (QED) is 0.804. The molecule has 19 heavy (non-hydrogen) atoms. The minimum absolute atomic E-state index is 0. The first-order chi connectivity index (χ1) is 8.48. The second kappa shape index (κ2) is 8.25. The topological polar surface area (TPSA) is 55.1 Å². The zero-order valence-electron chi connectivity index (χ0n) is 11.5. The number of thiophene rings is 1. The van der Waals surface area contributed by atoms with E-state index in [-0.39, 0.29) is 29.8 Å². The van der Waals surface area contributed by atoms with E-state index in [4.69, 9.17) is 5.73 Å². The van der Waals surface area contributed by atoms with E-state index in [1.807, 2.05) is 19.1 Å². The zero-order valence-corrected chi connectivity index (χ0v) is 14.8. The monoisotopic (exact) mass is 368 g/mol. The summed E-state index contributed by atoms with van der Waals surface area (Å²) in [4.78, 5) is 13.3. The Balaban J connectivity index is 0.00000324. The van der Waals surface area contributed by atoms with Crippen molar-refractivity contribution < 1.29 is 4.79 Å². The predicted octanol–water partition coefficient (Wildman–Crippen LogP) is 3.67. The van der Waals surface area contributed by atoms with E-state index < -0.39 is 0 Å². The third-order valence-corrected chi connectivity index (χ3v) is 5.35. The lowest BCUT2D eigenvalue weighted by atomic mass is 9.92. The molecule has 1 rings (SSSR count). The van der Waals surface area contributed by atoms with Crippen LogP contribution in [0.25, 0.3) is 0 Å². The third kappa shape index (κ3) is 4.74. The van der Waals surface area contributed by atoms with E-state index in [9.17, 15) is 4.79 Å². The van der Waals surface area contributed by atoms with Crippen molar-refractivity contribution in [3.63, 3.8) is 0 Å². The van der Waals surface area contributed by atoms with Crippen LogP contribution in [0.4, 0.5) is 0 Å². The SMILES string of the molecule is CCC(CC)(CN)NC(=O)C(C)c1ccc(Br)s1.Cl. The average Bonchev–Trinajstić information content (AvgIpc) is 2.81. The van der Waals surface area contributed by atoms with Gasteiger partial charge >= 0.3 is 0 Å². The van der Waals surface area contributed by atoms with Crippen LogP contribution in [0.3, 0.4) is 0 Å². The van der Waals surface area contributed by atoms with Gasteiger partial charge in [-0.3, -0.25) is 4.79 Å². The number of rotatable bonds is 6. The highest BCUT2D eigenvalue weighted by atomic mass is 79.9. The number of amides is 1. The molecule has 1 atom stereocenters. The number of carbonyl (C=O) groups is 1. The van der Waals surface area contributed by atoms with Crippen LogP contribution in [-0.4, -0.2) is 18.0 Å². The van der Waals surface area contributed by atoms with Gasteiger partial charge in [-0.1, -0.05) is 13.8 Å². The Kier molecular flexibility index (Phi) is 8.20. The Morgan fingerprint density at radius 2 is 2.05 bits per heavy atom. The van der Waals surface area contributed by atoms with E-state index in [0.717, 1.165) is 21.5 Å². The fourth-order valence-electron chi connectivity index (χ4n) is 1.83. The smallest absolute Gasteiger partial charge is 0.228 e. The molecule has 0 fully saturated rings. The van der Waals surface area contributed by atoms with Crippen molar-refractivity contribution >= 4 is 45.6 Å². The summed E-state index contributed by atoms with van der Waals surface area (Å²) in [5.74, 6) is -0.0798. The Hall–Kier alpha value is -0.100. The van der Waals surface area contributed by atoms with Crippen molar-refractivity contribution in [3.8, 4) is 0 Å². The molecule has 0 aromatic carbocycles. The van der Waals surface area contributed by atoms with E-state index in [2.05, 4.69) is 35.1 Å². The fourth-order valence-corrected chi connectivity index (χ4v) is 3.30. The van der Waals surface area contributed by atoms with Crippen LogP contribution < -0.4 is 11.1 Å².